The van der Waals surface area contributed by atoms with Crippen LogP contribution in [0.2, 0.25) is 5.02 Å². The van der Waals surface area contributed by atoms with Crippen LogP contribution >= 0.6 is 23.2 Å². The molecule has 0 saturated carbocycles. The van der Waals surface area contributed by atoms with Crippen molar-refractivity contribution in [2.24, 2.45) is 0 Å². The smallest absolute Gasteiger partial charge is 0.129 e. The summed E-state index contributed by atoms with van der Waals surface area (Å²) in [5.74, 6) is 1.38. The molecule has 2 rings (SSSR count). The number of aromatic nitrogens is 1. The summed E-state index contributed by atoms with van der Waals surface area (Å²) in [6, 6.07) is 4.44. The molecule has 1 saturated heterocycles. The Morgan fingerprint density at radius 3 is 2.94 bits per heavy atom. The van der Waals surface area contributed by atoms with Crippen LogP contribution in [0.1, 0.15) is 31.9 Å². The molecule has 0 aliphatic carbocycles. The van der Waals surface area contributed by atoms with Crippen LogP contribution in [0.25, 0.3) is 0 Å². The van der Waals surface area contributed by atoms with Crippen molar-refractivity contribution >= 4 is 29.0 Å². The third-order valence-corrected chi connectivity index (χ3v) is 3.73. The van der Waals surface area contributed by atoms with E-state index in [2.05, 4.69) is 16.8 Å². The van der Waals surface area contributed by atoms with E-state index < -0.39 is 0 Å². The minimum atomic E-state index is 0.370. The van der Waals surface area contributed by atoms with Crippen LogP contribution in [0, 0.1) is 0 Å². The number of nitrogens with zero attached hydrogens (tertiary/aromatic N) is 2. The Kier molecular flexibility index (Phi) is 3.93. The summed E-state index contributed by atoms with van der Waals surface area (Å²) >= 11 is 11.8. The first kappa shape index (κ1) is 12.0. The minimum absolute atomic E-state index is 0.370. The normalized spacial score (nSPS) is 21.2. The molecule has 0 aromatic carbocycles. The summed E-state index contributed by atoms with van der Waals surface area (Å²) in [6.45, 7) is 3.33. The Balaban J connectivity index is 2.25. The molecule has 88 valence electrons. The zero-order valence-corrected chi connectivity index (χ0v) is 10.9. The van der Waals surface area contributed by atoms with Crippen molar-refractivity contribution in [2.45, 2.75) is 38.1 Å². The van der Waals surface area contributed by atoms with Gasteiger partial charge in [-0.25, -0.2) is 4.98 Å². The average molecular weight is 259 g/mol. The third-order valence-electron chi connectivity index (χ3n) is 3.13. The van der Waals surface area contributed by atoms with E-state index in [1.54, 1.807) is 0 Å². The van der Waals surface area contributed by atoms with Crippen molar-refractivity contribution in [3.63, 3.8) is 0 Å². The summed E-state index contributed by atoms with van der Waals surface area (Å²) in [5, 5.41) is 0.656. The van der Waals surface area contributed by atoms with Crippen molar-refractivity contribution in [1.82, 2.24) is 4.98 Å². The fourth-order valence-electron chi connectivity index (χ4n) is 2.16. The highest BCUT2D eigenvalue weighted by Crippen LogP contribution is 2.26. The van der Waals surface area contributed by atoms with Crippen molar-refractivity contribution < 1.29 is 0 Å². The van der Waals surface area contributed by atoms with Crippen LogP contribution in [0.3, 0.4) is 0 Å². The van der Waals surface area contributed by atoms with E-state index in [-0.39, 0.29) is 0 Å². The molecule has 0 amide bonds. The molecule has 1 fully saturated rings. The van der Waals surface area contributed by atoms with Crippen LogP contribution in [-0.2, 0) is 5.88 Å². The van der Waals surface area contributed by atoms with Gasteiger partial charge in [-0.05, 0) is 38.3 Å². The van der Waals surface area contributed by atoms with Gasteiger partial charge in [0, 0.05) is 12.6 Å². The highest BCUT2D eigenvalue weighted by molar-refractivity contribution is 6.32. The van der Waals surface area contributed by atoms with Crippen LogP contribution in [0.4, 0.5) is 5.82 Å². The predicted octanol–water partition coefficient (Wildman–Crippen LogP) is 3.85. The van der Waals surface area contributed by atoms with Crippen LogP contribution < -0.4 is 4.90 Å². The van der Waals surface area contributed by atoms with Crippen molar-refractivity contribution in [3.05, 3.63) is 22.8 Å². The molecule has 1 aromatic rings. The van der Waals surface area contributed by atoms with E-state index in [1.165, 1.54) is 19.3 Å². The lowest BCUT2D eigenvalue weighted by molar-refractivity contribution is 0.481. The van der Waals surface area contributed by atoms with Gasteiger partial charge in [0.15, 0.2) is 0 Å². The predicted molar refractivity (Wildman–Crippen MR) is 69.5 cm³/mol. The minimum Gasteiger partial charge on any atom is -0.354 e. The molecule has 4 heteroatoms. The van der Waals surface area contributed by atoms with E-state index in [4.69, 9.17) is 23.2 Å². The summed E-state index contributed by atoms with van der Waals surface area (Å²) in [6.07, 6.45) is 3.79. The van der Waals surface area contributed by atoms with E-state index in [9.17, 15) is 0 Å². The summed E-state index contributed by atoms with van der Waals surface area (Å²) in [7, 11) is 0. The van der Waals surface area contributed by atoms with Crippen molar-refractivity contribution in [3.8, 4) is 0 Å². The topological polar surface area (TPSA) is 16.1 Å². The molecule has 16 heavy (non-hydrogen) atoms. The van der Waals surface area contributed by atoms with Gasteiger partial charge >= 0.3 is 0 Å². The van der Waals surface area contributed by atoms with E-state index in [0.29, 0.717) is 16.9 Å². The van der Waals surface area contributed by atoms with E-state index >= 15 is 0 Å². The monoisotopic (exact) mass is 258 g/mol. The first-order chi connectivity index (χ1) is 7.72. The van der Waals surface area contributed by atoms with Gasteiger partial charge in [0.25, 0.3) is 0 Å². The molecule has 0 spiro atoms. The van der Waals surface area contributed by atoms with Gasteiger partial charge in [0.05, 0.1) is 16.6 Å². The van der Waals surface area contributed by atoms with Crippen molar-refractivity contribution in [2.75, 3.05) is 11.4 Å². The van der Waals surface area contributed by atoms with Gasteiger partial charge < -0.3 is 4.90 Å². The van der Waals surface area contributed by atoms with Gasteiger partial charge in [0.1, 0.15) is 5.82 Å². The lowest BCUT2D eigenvalue weighted by atomic mass is 10.0. The molecule has 1 aliphatic rings. The van der Waals surface area contributed by atoms with Gasteiger partial charge in [-0.2, -0.15) is 0 Å². The maximum absolute atomic E-state index is 6.01. The Bertz CT molecular complexity index is 368. The highest BCUT2D eigenvalue weighted by atomic mass is 35.5. The molecular formula is C12H16Cl2N2. The fourth-order valence-corrected chi connectivity index (χ4v) is 2.61. The largest absolute Gasteiger partial charge is 0.354 e. The molecular weight excluding hydrogens is 243 g/mol. The Morgan fingerprint density at radius 1 is 1.44 bits per heavy atom. The number of halogens is 2. The number of piperidine rings is 1. The second kappa shape index (κ2) is 5.24. The van der Waals surface area contributed by atoms with E-state index in [1.807, 2.05) is 12.1 Å². The average Bonchev–Trinajstić information content (AvgIpc) is 2.31. The molecule has 0 radical (unpaired) electrons. The lowest BCUT2D eigenvalue weighted by Gasteiger charge is -2.34. The van der Waals surface area contributed by atoms with Gasteiger partial charge in [-0.1, -0.05) is 11.6 Å². The SMILES string of the molecule is CC1CCCCN1c1ccc(Cl)c(CCl)n1. The van der Waals surface area contributed by atoms with Gasteiger partial charge in [-0.3, -0.25) is 0 Å². The number of pyridine rings is 1. The number of rotatable bonds is 2. The maximum atomic E-state index is 6.01. The summed E-state index contributed by atoms with van der Waals surface area (Å²) < 4.78 is 0. The molecule has 1 unspecified atom stereocenters. The standard InChI is InChI=1S/C12H16Cl2N2/c1-9-4-2-3-7-16(9)12-6-5-10(14)11(8-13)15-12/h5-6,9H,2-4,7-8H2,1H3. The maximum Gasteiger partial charge on any atom is 0.129 e. The third kappa shape index (κ3) is 2.44. The molecule has 0 bridgehead atoms. The van der Waals surface area contributed by atoms with Crippen molar-refractivity contribution in [1.29, 1.82) is 0 Å². The molecule has 2 heterocycles. The second-order valence-electron chi connectivity index (χ2n) is 4.27. The quantitative estimate of drug-likeness (QED) is 0.750. The van der Waals surface area contributed by atoms with Crippen LogP contribution in [0.5, 0.6) is 0 Å². The zero-order valence-electron chi connectivity index (χ0n) is 9.42. The van der Waals surface area contributed by atoms with Crippen LogP contribution in [-0.4, -0.2) is 17.6 Å². The van der Waals surface area contributed by atoms with E-state index in [0.717, 1.165) is 18.1 Å². The van der Waals surface area contributed by atoms with Gasteiger partial charge in [-0.15, -0.1) is 11.6 Å². The first-order valence-electron chi connectivity index (χ1n) is 5.70. The summed E-state index contributed by atoms with van der Waals surface area (Å²) in [5.41, 5.74) is 0.776. The number of anilines is 1. The summed E-state index contributed by atoms with van der Waals surface area (Å²) in [4.78, 5) is 6.87. The molecule has 0 N–H and O–H groups in total. The number of alkyl halides is 1. The number of hydrogen-bond acceptors (Lipinski definition) is 2. The Morgan fingerprint density at radius 2 is 2.25 bits per heavy atom. The molecule has 1 aromatic heterocycles. The first-order valence-corrected chi connectivity index (χ1v) is 6.61. The van der Waals surface area contributed by atoms with Gasteiger partial charge in [0.2, 0.25) is 0 Å². The molecule has 1 aliphatic heterocycles. The molecule has 2 nitrogen and oxygen atoms in total. The number of hydrogen-bond donors (Lipinski definition) is 0. The Labute approximate surface area is 107 Å². The highest BCUT2D eigenvalue weighted by Gasteiger charge is 2.20. The zero-order chi connectivity index (χ0) is 11.5. The second-order valence-corrected chi connectivity index (χ2v) is 4.94. The fraction of sp³-hybridized carbons (Fsp3) is 0.583. The van der Waals surface area contributed by atoms with Crippen LogP contribution in [0.15, 0.2) is 12.1 Å². The Hall–Kier alpha value is -0.470. The molecule has 1 atom stereocenters. The lowest BCUT2D eigenvalue weighted by Crippen LogP contribution is -2.38.